The summed E-state index contributed by atoms with van der Waals surface area (Å²) in [6.07, 6.45) is 1.54. The van der Waals surface area contributed by atoms with Crippen molar-refractivity contribution < 1.29 is 9.72 Å². The van der Waals surface area contributed by atoms with Crippen LogP contribution in [0.3, 0.4) is 0 Å². The Morgan fingerprint density at radius 1 is 1.16 bits per heavy atom. The van der Waals surface area contributed by atoms with Gasteiger partial charge in [0.05, 0.1) is 4.92 Å². The number of nitrogens with zero attached hydrogens (tertiary/aromatic N) is 5. The zero-order valence-electron chi connectivity index (χ0n) is 19.3. The highest BCUT2D eigenvalue weighted by Gasteiger charge is 2.25. The first-order valence-corrected chi connectivity index (χ1v) is 11.2. The van der Waals surface area contributed by atoms with Gasteiger partial charge in [-0.1, -0.05) is 26.0 Å². The van der Waals surface area contributed by atoms with Gasteiger partial charge in [-0.2, -0.15) is 0 Å². The van der Waals surface area contributed by atoms with E-state index in [-0.39, 0.29) is 17.6 Å². The molecule has 2 aromatic rings. The molecule has 0 saturated carbocycles. The topological polar surface area (TPSA) is 104 Å². The number of aromatic nitrogens is 2. The summed E-state index contributed by atoms with van der Waals surface area (Å²) in [4.78, 5) is 36.6. The third-order valence-corrected chi connectivity index (χ3v) is 5.98. The van der Waals surface area contributed by atoms with E-state index in [2.05, 4.69) is 24.1 Å². The number of nitro groups is 1. The van der Waals surface area contributed by atoms with E-state index in [4.69, 9.17) is 9.97 Å². The minimum absolute atomic E-state index is 0.0302. The summed E-state index contributed by atoms with van der Waals surface area (Å²) in [5, 5.41) is 13.8. The molecular weight excluding hydrogens is 408 g/mol. The predicted octanol–water partition coefficient (Wildman–Crippen LogP) is 3.65. The summed E-state index contributed by atoms with van der Waals surface area (Å²) < 4.78 is 0. The van der Waals surface area contributed by atoms with Gasteiger partial charge in [-0.3, -0.25) is 10.1 Å². The molecule has 3 rings (SSSR count). The molecule has 172 valence electrons. The highest BCUT2D eigenvalue weighted by molar-refractivity contribution is 5.74. The highest BCUT2D eigenvalue weighted by atomic mass is 16.6. The molecule has 1 saturated heterocycles. The number of nitro benzene ring substituents is 1. The number of amides is 2. The van der Waals surface area contributed by atoms with Gasteiger partial charge in [-0.25, -0.2) is 14.8 Å². The van der Waals surface area contributed by atoms with Crippen LogP contribution in [0.25, 0.3) is 0 Å². The third kappa shape index (κ3) is 5.33. The van der Waals surface area contributed by atoms with E-state index < -0.39 is 4.92 Å². The SMILES string of the molecule is CCNC(=O)N1CCN(c2nc([C@H](C)CC)nc(C)c2Cc2ccc([N+](=O)[O-])cc2)CC1. The normalized spacial score (nSPS) is 14.9. The van der Waals surface area contributed by atoms with Crippen LogP contribution in [0, 0.1) is 17.0 Å². The number of non-ortho nitro benzene ring substituents is 1. The molecule has 9 heteroatoms. The lowest BCUT2D eigenvalue weighted by Crippen LogP contribution is -2.52. The number of carbonyl (C=O) groups is 1. The van der Waals surface area contributed by atoms with E-state index in [1.807, 2.05) is 18.7 Å². The molecule has 32 heavy (non-hydrogen) atoms. The van der Waals surface area contributed by atoms with Gasteiger partial charge in [0.15, 0.2) is 0 Å². The van der Waals surface area contributed by atoms with Crippen LogP contribution in [-0.4, -0.2) is 58.5 Å². The van der Waals surface area contributed by atoms with Crippen molar-refractivity contribution in [1.82, 2.24) is 20.2 Å². The van der Waals surface area contributed by atoms with Gasteiger partial charge in [0.25, 0.3) is 5.69 Å². The van der Waals surface area contributed by atoms with Gasteiger partial charge < -0.3 is 15.1 Å². The molecule has 0 aliphatic carbocycles. The number of nitrogens with one attached hydrogen (secondary N) is 1. The van der Waals surface area contributed by atoms with Crippen LogP contribution in [0.2, 0.25) is 0 Å². The monoisotopic (exact) mass is 440 g/mol. The molecule has 0 bridgehead atoms. The van der Waals surface area contributed by atoms with E-state index in [1.54, 1.807) is 12.1 Å². The van der Waals surface area contributed by atoms with Gasteiger partial charge in [0.1, 0.15) is 11.6 Å². The molecule has 1 aromatic heterocycles. The number of urea groups is 1. The van der Waals surface area contributed by atoms with Gasteiger partial charge in [0, 0.05) is 68.5 Å². The van der Waals surface area contributed by atoms with Crippen LogP contribution < -0.4 is 10.2 Å². The first-order chi connectivity index (χ1) is 15.3. The van der Waals surface area contributed by atoms with Crippen molar-refractivity contribution in [3.05, 3.63) is 57.0 Å². The lowest BCUT2D eigenvalue weighted by molar-refractivity contribution is -0.384. The lowest BCUT2D eigenvalue weighted by Gasteiger charge is -2.36. The molecule has 0 radical (unpaired) electrons. The summed E-state index contributed by atoms with van der Waals surface area (Å²) in [5.74, 6) is 1.98. The average Bonchev–Trinajstić information content (AvgIpc) is 2.80. The molecular formula is C23H32N6O3. The lowest BCUT2D eigenvalue weighted by atomic mass is 10.0. The van der Waals surface area contributed by atoms with Crippen molar-refractivity contribution in [2.24, 2.45) is 0 Å². The quantitative estimate of drug-likeness (QED) is 0.521. The number of carbonyl (C=O) groups excluding carboxylic acids is 1. The van der Waals surface area contributed by atoms with Crippen molar-refractivity contribution >= 4 is 17.5 Å². The Balaban J connectivity index is 1.89. The first kappa shape index (κ1) is 23.4. The molecule has 0 unspecified atom stereocenters. The summed E-state index contributed by atoms with van der Waals surface area (Å²) in [6, 6.07) is 6.61. The number of piperazine rings is 1. The summed E-state index contributed by atoms with van der Waals surface area (Å²) in [5.41, 5.74) is 3.00. The maximum absolute atomic E-state index is 12.2. The molecule has 1 aromatic carbocycles. The van der Waals surface area contributed by atoms with E-state index in [9.17, 15) is 14.9 Å². The van der Waals surface area contributed by atoms with Crippen molar-refractivity contribution in [2.45, 2.75) is 46.5 Å². The number of aryl methyl sites for hydroxylation is 1. The molecule has 1 aliphatic heterocycles. The zero-order valence-corrected chi connectivity index (χ0v) is 19.3. The summed E-state index contributed by atoms with van der Waals surface area (Å²) in [6.45, 7) is 11.4. The standard InChI is InChI=1S/C23H32N6O3/c1-5-16(3)21-25-17(4)20(15-18-7-9-19(10-8-18)29(31)32)22(26-21)27-11-13-28(14-12-27)23(30)24-6-2/h7-10,16H,5-6,11-15H2,1-4H3,(H,24,30)/t16-/m1/s1. The molecule has 1 fully saturated rings. The van der Waals surface area contributed by atoms with E-state index in [0.717, 1.165) is 34.9 Å². The van der Waals surface area contributed by atoms with Crippen molar-refractivity contribution in [2.75, 3.05) is 37.6 Å². The van der Waals surface area contributed by atoms with Crippen LogP contribution >= 0.6 is 0 Å². The maximum atomic E-state index is 12.2. The molecule has 1 N–H and O–H groups in total. The van der Waals surface area contributed by atoms with Crippen LogP contribution in [0.1, 0.15) is 55.8 Å². The number of hydrogen-bond acceptors (Lipinski definition) is 6. The number of hydrogen-bond donors (Lipinski definition) is 1. The largest absolute Gasteiger partial charge is 0.353 e. The Morgan fingerprint density at radius 3 is 2.38 bits per heavy atom. The first-order valence-electron chi connectivity index (χ1n) is 11.2. The maximum Gasteiger partial charge on any atom is 0.317 e. The minimum atomic E-state index is -0.390. The second-order valence-corrected chi connectivity index (χ2v) is 8.19. The van der Waals surface area contributed by atoms with Gasteiger partial charge in [-0.15, -0.1) is 0 Å². The van der Waals surface area contributed by atoms with E-state index >= 15 is 0 Å². The van der Waals surface area contributed by atoms with Gasteiger partial charge >= 0.3 is 6.03 Å². The molecule has 1 aliphatic rings. The van der Waals surface area contributed by atoms with E-state index in [0.29, 0.717) is 39.1 Å². The van der Waals surface area contributed by atoms with Crippen molar-refractivity contribution in [1.29, 1.82) is 0 Å². The molecule has 1 atom stereocenters. The van der Waals surface area contributed by atoms with E-state index in [1.165, 1.54) is 12.1 Å². The number of rotatable bonds is 7. The van der Waals surface area contributed by atoms with Crippen LogP contribution in [-0.2, 0) is 6.42 Å². The Hall–Kier alpha value is -3.23. The second-order valence-electron chi connectivity index (χ2n) is 8.19. The van der Waals surface area contributed by atoms with Crippen LogP contribution in [0.4, 0.5) is 16.3 Å². The Morgan fingerprint density at radius 2 is 1.81 bits per heavy atom. The smallest absolute Gasteiger partial charge is 0.317 e. The Bertz CT molecular complexity index is 955. The predicted molar refractivity (Wildman–Crippen MR) is 124 cm³/mol. The summed E-state index contributed by atoms with van der Waals surface area (Å²) in [7, 11) is 0. The average molecular weight is 441 g/mol. The highest BCUT2D eigenvalue weighted by Crippen LogP contribution is 2.28. The van der Waals surface area contributed by atoms with Crippen molar-refractivity contribution in [3.8, 4) is 0 Å². The third-order valence-electron chi connectivity index (χ3n) is 5.98. The molecule has 2 heterocycles. The van der Waals surface area contributed by atoms with Crippen LogP contribution in [0.5, 0.6) is 0 Å². The fourth-order valence-electron chi connectivity index (χ4n) is 3.80. The molecule has 0 spiro atoms. The molecule has 2 amide bonds. The second kappa shape index (κ2) is 10.4. The Labute approximate surface area is 189 Å². The van der Waals surface area contributed by atoms with Gasteiger partial charge in [-0.05, 0) is 25.8 Å². The number of benzene rings is 1. The van der Waals surface area contributed by atoms with Gasteiger partial charge in [0.2, 0.25) is 0 Å². The molecule has 9 nitrogen and oxygen atoms in total. The van der Waals surface area contributed by atoms with Crippen molar-refractivity contribution in [3.63, 3.8) is 0 Å². The minimum Gasteiger partial charge on any atom is -0.353 e. The van der Waals surface area contributed by atoms with Crippen LogP contribution in [0.15, 0.2) is 24.3 Å². The zero-order chi connectivity index (χ0) is 23.3. The summed E-state index contributed by atoms with van der Waals surface area (Å²) >= 11 is 0. The Kier molecular flexibility index (Phi) is 7.61. The fraction of sp³-hybridized carbons (Fsp3) is 0.522. The fourth-order valence-corrected chi connectivity index (χ4v) is 3.80. The number of anilines is 1.